The van der Waals surface area contributed by atoms with Crippen molar-refractivity contribution in [3.63, 3.8) is 0 Å². The zero-order chi connectivity index (χ0) is 22.8. The first-order chi connectivity index (χ1) is 16.1. The van der Waals surface area contributed by atoms with E-state index in [9.17, 15) is 4.79 Å². The largest absolute Gasteiger partial charge is 0.337 e. The van der Waals surface area contributed by atoms with Crippen molar-refractivity contribution in [2.45, 2.75) is 25.8 Å². The molecule has 2 aromatic carbocycles. The maximum Gasteiger partial charge on any atom is 0.274 e. The summed E-state index contributed by atoms with van der Waals surface area (Å²) < 4.78 is 4.47. The van der Waals surface area contributed by atoms with E-state index in [2.05, 4.69) is 26.0 Å². The van der Waals surface area contributed by atoms with E-state index in [4.69, 9.17) is 16.7 Å². The van der Waals surface area contributed by atoms with E-state index in [-0.39, 0.29) is 5.91 Å². The number of halogens is 2. The van der Waals surface area contributed by atoms with E-state index in [1.165, 1.54) is 6.33 Å². The Balaban J connectivity index is 1.74. The number of nitrogens with zero attached hydrogens (tertiary/aromatic N) is 6. The highest BCUT2D eigenvalue weighted by Gasteiger charge is 2.29. The molecular formula is C24H22BrClN6O. The molecule has 0 atom stereocenters. The first-order valence-corrected chi connectivity index (χ1v) is 12.0. The fourth-order valence-electron chi connectivity index (χ4n) is 4.20. The van der Waals surface area contributed by atoms with Crippen LogP contribution in [0.2, 0.25) is 5.02 Å². The molecule has 0 saturated carbocycles. The summed E-state index contributed by atoms with van der Waals surface area (Å²) >= 11 is 10.1. The van der Waals surface area contributed by atoms with Crippen LogP contribution in [0.4, 0.5) is 0 Å². The van der Waals surface area contributed by atoms with E-state index in [1.807, 2.05) is 53.4 Å². The predicted octanol–water partition coefficient (Wildman–Crippen LogP) is 5.22. The van der Waals surface area contributed by atoms with Crippen molar-refractivity contribution in [1.29, 1.82) is 0 Å². The summed E-state index contributed by atoms with van der Waals surface area (Å²) in [6.07, 6.45) is 6.30. The molecule has 7 nitrogen and oxygen atoms in total. The lowest BCUT2D eigenvalue weighted by Crippen LogP contribution is -2.36. The normalized spacial score (nSPS) is 13.9. The number of piperidine rings is 1. The summed E-state index contributed by atoms with van der Waals surface area (Å²) in [7, 11) is 0. The van der Waals surface area contributed by atoms with Crippen molar-refractivity contribution in [1.82, 2.24) is 29.4 Å². The Bertz CT molecular complexity index is 1260. The monoisotopic (exact) mass is 524 g/mol. The number of aromatic nitrogens is 5. The van der Waals surface area contributed by atoms with Crippen LogP contribution >= 0.6 is 27.5 Å². The van der Waals surface area contributed by atoms with Crippen LogP contribution in [-0.2, 0) is 6.54 Å². The van der Waals surface area contributed by atoms with Crippen LogP contribution in [0.3, 0.4) is 0 Å². The molecule has 168 valence electrons. The van der Waals surface area contributed by atoms with Gasteiger partial charge in [0.05, 0.1) is 22.9 Å². The fourth-order valence-corrected chi connectivity index (χ4v) is 4.68. The summed E-state index contributed by atoms with van der Waals surface area (Å²) in [6.45, 7) is 1.85. The number of hydrogen-bond acceptors (Lipinski definition) is 4. The number of likely N-dealkylation sites (tertiary alicyclic amines) is 1. The SMILES string of the molecule is O=C(c1nn(-c2ccccc2Cl)c(-c2ccc(Br)cc2)c1Cn1cncn1)N1CCCCC1. The molecule has 1 amide bonds. The van der Waals surface area contributed by atoms with Gasteiger partial charge in [-0.3, -0.25) is 4.79 Å². The summed E-state index contributed by atoms with van der Waals surface area (Å²) in [5.41, 5.74) is 3.67. The van der Waals surface area contributed by atoms with E-state index in [0.29, 0.717) is 17.3 Å². The molecule has 2 aromatic heterocycles. The van der Waals surface area contributed by atoms with Gasteiger partial charge >= 0.3 is 0 Å². The molecule has 3 heterocycles. The maximum atomic E-state index is 13.7. The van der Waals surface area contributed by atoms with Crippen molar-refractivity contribution in [3.05, 3.63) is 81.9 Å². The van der Waals surface area contributed by atoms with Crippen molar-refractivity contribution in [2.24, 2.45) is 0 Å². The molecule has 0 spiro atoms. The van der Waals surface area contributed by atoms with Crippen molar-refractivity contribution in [2.75, 3.05) is 13.1 Å². The van der Waals surface area contributed by atoms with Gasteiger partial charge in [0, 0.05) is 28.7 Å². The van der Waals surface area contributed by atoms with Gasteiger partial charge in [-0.05, 0) is 43.5 Å². The number of benzene rings is 2. The third-order valence-corrected chi connectivity index (χ3v) is 6.66. The second-order valence-corrected chi connectivity index (χ2v) is 9.31. The smallest absolute Gasteiger partial charge is 0.274 e. The lowest BCUT2D eigenvalue weighted by atomic mass is 10.0. The van der Waals surface area contributed by atoms with E-state index in [1.54, 1.807) is 15.7 Å². The Labute approximate surface area is 205 Å². The average Bonchev–Trinajstić information content (AvgIpc) is 3.49. The minimum Gasteiger partial charge on any atom is -0.337 e. The topological polar surface area (TPSA) is 68.8 Å². The molecule has 0 N–H and O–H groups in total. The van der Waals surface area contributed by atoms with Gasteiger partial charge in [-0.1, -0.05) is 51.8 Å². The van der Waals surface area contributed by atoms with Crippen LogP contribution in [0.5, 0.6) is 0 Å². The summed E-state index contributed by atoms with van der Waals surface area (Å²) in [4.78, 5) is 19.7. The Kier molecular flexibility index (Phi) is 6.28. The molecule has 4 aromatic rings. The van der Waals surface area contributed by atoms with Crippen LogP contribution < -0.4 is 0 Å². The van der Waals surface area contributed by atoms with E-state index < -0.39 is 0 Å². The van der Waals surface area contributed by atoms with Crippen molar-refractivity contribution < 1.29 is 4.79 Å². The second kappa shape index (κ2) is 9.49. The summed E-state index contributed by atoms with van der Waals surface area (Å²) in [6, 6.07) is 15.5. The van der Waals surface area contributed by atoms with Gasteiger partial charge in [0.15, 0.2) is 5.69 Å². The lowest BCUT2D eigenvalue weighted by molar-refractivity contribution is 0.0716. The van der Waals surface area contributed by atoms with Gasteiger partial charge < -0.3 is 4.90 Å². The molecule has 0 aliphatic carbocycles. The summed E-state index contributed by atoms with van der Waals surface area (Å²) in [5, 5.41) is 9.70. The highest BCUT2D eigenvalue weighted by molar-refractivity contribution is 9.10. The van der Waals surface area contributed by atoms with Crippen LogP contribution in [0.25, 0.3) is 16.9 Å². The highest BCUT2D eigenvalue weighted by atomic mass is 79.9. The van der Waals surface area contributed by atoms with Crippen LogP contribution in [0.15, 0.2) is 65.7 Å². The molecule has 33 heavy (non-hydrogen) atoms. The standard InChI is InChI=1S/C24H22BrClN6O/c25-18-10-8-17(9-11-18)23-19(14-31-16-27-15-28-31)22(24(33)30-12-4-1-5-13-30)29-32(23)21-7-3-2-6-20(21)26/h2-3,6-11,15-16H,1,4-5,12-14H2. The molecule has 0 unspecified atom stereocenters. The molecule has 1 saturated heterocycles. The Morgan fingerprint density at radius 2 is 1.79 bits per heavy atom. The number of rotatable bonds is 5. The summed E-state index contributed by atoms with van der Waals surface area (Å²) in [5.74, 6) is -0.0611. The molecule has 1 aliphatic rings. The molecule has 9 heteroatoms. The second-order valence-electron chi connectivity index (χ2n) is 7.99. The van der Waals surface area contributed by atoms with Crippen molar-refractivity contribution >= 4 is 33.4 Å². The highest BCUT2D eigenvalue weighted by Crippen LogP contribution is 2.34. The van der Waals surface area contributed by atoms with Crippen LogP contribution in [0, 0.1) is 0 Å². The molecule has 0 radical (unpaired) electrons. The quantitative estimate of drug-likeness (QED) is 0.358. The first-order valence-electron chi connectivity index (χ1n) is 10.9. The van der Waals surface area contributed by atoms with Gasteiger partial charge in [-0.15, -0.1) is 0 Å². The Hall–Kier alpha value is -2.97. The van der Waals surface area contributed by atoms with Gasteiger partial charge in [0.1, 0.15) is 12.7 Å². The van der Waals surface area contributed by atoms with E-state index in [0.717, 1.165) is 59.3 Å². The number of para-hydroxylation sites is 1. The lowest BCUT2D eigenvalue weighted by Gasteiger charge is -2.26. The van der Waals surface area contributed by atoms with Crippen molar-refractivity contribution in [3.8, 4) is 16.9 Å². The minimum absolute atomic E-state index is 0.0611. The predicted molar refractivity (Wildman–Crippen MR) is 131 cm³/mol. The number of hydrogen-bond donors (Lipinski definition) is 0. The Morgan fingerprint density at radius 3 is 2.48 bits per heavy atom. The average molecular weight is 526 g/mol. The fraction of sp³-hybridized carbons (Fsp3) is 0.250. The molecule has 5 rings (SSSR count). The molecule has 1 aliphatic heterocycles. The van der Waals surface area contributed by atoms with E-state index >= 15 is 0 Å². The third-order valence-electron chi connectivity index (χ3n) is 5.81. The van der Waals surface area contributed by atoms with Gasteiger partial charge in [0.2, 0.25) is 0 Å². The third kappa shape index (κ3) is 4.45. The zero-order valence-corrected chi connectivity index (χ0v) is 20.2. The maximum absolute atomic E-state index is 13.7. The first kappa shape index (κ1) is 21.9. The number of carbonyl (C=O) groups excluding carboxylic acids is 1. The van der Waals surface area contributed by atoms with Gasteiger partial charge in [-0.2, -0.15) is 10.2 Å². The van der Waals surface area contributed by atoms with Gasteiger partial charge in [-0.25, -0.2) is 14.3 Å². The number of amides is 1. The Morgan fingerprint density at radius 1 is 1.03 bits per heavy atom. The van der Waals surface area contributed by atoms with Gasteiger partial charge in [0.25, 0.3) is 5.91 Å². The van der Waals surface area contributed by atoms with Crippen LogP contribution in [-0.4, -0.2) is 48.4 Å². The molecule has 0 bridgehead atoms. The molecular weight excluding hydrogens is 504 g/mol. The molecule has 1 fully saturated rings. The van der Waals surface area contributed by atoms with Crippen LogP contribution in [0.1, 0.15) is 35.3 Å². The zero-order valence-electron chi connectivity index (χ0n) is 17.9. The minimum atomic E-state index is -0.0611. The number of carbonyl (C=O) groups is 1.